The maximum Gasteiger partial charge on any atom is 0.281 e. The summed E-state index contributed by atoms with van der Waals surface area (Å²) in [4.78, 5) is 0. The van der Waals surface area contributed by atoms with Gasteiger partial charge in [0.15, 0.2) is 0 Å². The molecule has 0 aromatic heterocycles. The third kappa shape index (κ3) is 2.48. The van der Waals surface area contributed by atoms with E-state index in [4.69, 9.17) is 0 Å². The van der Waals surface area contributed by atoms with Crippen molar-refractivity contribution in [2.45, 2.75) is 25.3 Å². The van der Waals surface area contributed by atoms with Gasteiger partial charge in [0, 0.05) is 32.0 Å². The van der Waals surface area contributed by atoms with Crippen LogP contribution in [0.15, 0.2) is 0 Å². The molecule has 0 spiro atoms. The molecule has 1 rings (SSSR count). The normalized spacial score (nSPS) is 25.6. The van der Waals surface area contributed by atoms with Gasteiger partial charge in [-0.05, 0) is 12.8 Å². The molecule has 14 heavy (non-hydrogen) atoms. The third-order valence-corrected chi connectivity index (χ3v) is 5.25. The first-order valence-corrected chi connectivity index (χ1v) is 7.27. The minimum atomic E-state index is -3.22. The molecule has 0 aromatic rings. The van der Waals surface area contributed by atoms with Crippen molar-refractivity contribution >= 4 is 26.1 Å². The van der Waals surface area contributed by atoms with Crippen LogP contribution < -0.4 is 0 Å². The van der Waals surface area contributed by atoms with Crippen molar-refractivity contribution < 1.29 is 8.42 Å². The van der Waals surface area contributed by atoms with Crippen molar-refractivity contribution in [3.8, 4) is 0 Å². The molecule has 0 saturated carbocycles. The van der Waals surface area contributed by atoms with Crippen LogP contribution >= 0.6 is 15.9 Å². The second-order valence-electron chi connectivity index (χ2n) is 3.70. The number of rotatable bonds is 3. The summed E-state index contributed by atoms with van der Waals surface area (Å²) in [5.41, 5.74) is 0. The van der Waals surface area contributed by atoms with E-state index in [2.05, 4.69) is 15.9 Å². The lowest BCUT2D eigenvalue weighted by Crippen LogP contribution is -2.49. The Bertz CT molecular complexity index is 279. The lowest BCUT2D eigenvalue weighted by Gasteiger charge is -2.35. The van der Waals surface area contributed by atoms with Gasteiger partial charge >= 0.3 is 0 Å². The molecule has 0 aliphatic carbocycles. The van der Waals surface area contributed by atoms with E-state index < -0.39 is 10.2 Å². The summed E-state index contributed by atoms with van der Waals surface area (Å²) in [7, 11) is -0.0674. The lowest BCUT2D eigenvalue weighted by atomic mass is 10.1. The quantitative estimate of drug-likeness (QED) is 0.727. The van der Waals surface area contributed by atoms with Crippen LogP contribution in [0.4, 0.5) is 0 Å². The summed E-state index contributed by atoms with van der Waals surface area (Å²) in [6.45, 7) is 0.650. The Morgan fingerprint density at radius 1 is 1.43 bits per heavy atom. The molecule has 1 atom stereocenters. The number of alkyl halides is 1. The van der Waals surface area contributed by atoms with Crippen molar-refractivity contribution in [1.29, 1.82) is 0 Å². The molecule has 0 bridgehead atoms. The predicted molar refractivity (Wildman–Crippen MR) is 60.7 cm³/mol. The van der Waals surface area contributed by atoms with Gasteiger partial charge in [0.2, 0.25) is 0 Å². The summed E-state index contributed by atoms with van der Waals surface area (Å²) >= 11 is 3.37. The Kier molecular flexibility index (Phi) is 4.36. The number of nitrogens with zero attached hydrogens (tertiary/aromatic N) is 2. The van der Waals surface area contributed by atoms with Crippen LogP contribution in [0.25, 0.3) is 0 Å². The second kappa shape index (κ2) is 4.92. The number of piperidine rings is 1. The topological polar surface area (TPSA) is 40.6 Å². The van der Waals surface area contributed by atoms with Crippen molar-refractivity contribution in [3.05, 3.63) is 0 Å². The van der Waals surface area contributed by atoms with E-state index in [0.29, 0.717) is 6.54 Å². The Labute approximate surface area is 94.6 Å². The third-order valence-electron chi connectivity index (χ3n) is 2.51. The van der Waals surface area contributed by atoms with E-state index in [1.165, 1.54) is 4.31 Å². The van der Waals surface area contributed by atoms with Gasteiger partial charge < -0.3 is 0 Å². The maximum atomic E-state index is 11.9. The monoisotopic (exact) mass is 284 g/mol. The van der Waals surface area contributed by atoms with Crippen LogP contribution in [0.3, 0.4) is 0 Å². The van der Waals surface area contributed by atoms with E-state index in [1.807, 2.05) is 0 Å². The highest BCUT2D eigenvalue weighted by Crippen LogP contribution is 2.22. The summed E-state index contributed by atoms with van der Waals surface area (Å²) in [6.07, 6.45) is 3.05. The van der Waals surface area contributed by atoms with Gasteiger partial charge in [-0.25, -0.2) is 0 Å². The first kappa shape index (κ1) is 12.4. The van der Waals surface area contributed by atoms with Gasteiger partial charge in [-0.2, -0.15) is 17.0 Å². The van der Waals surface area contributed by atoms with Crippen LogP contribution in [-0.4, -0.2) is 49.0 Å². The van der Waals surface area contributed by atoms with E-state index in [-0.39, 0.29) is 6.04 Å². The lowest BCUT2D eigenvalue weighted by molar-refractivity contribution is 0.259. The molecule has 1 heterocycles. The van der Waals surface area contributed by atoms with Crippen LogP contribution in [0, 0.1) is 0 Å². The maximum absolute atomic E-state index is 11.9. The zero-order valence-corrected chi connectivity index (χ0v) is 11.0. The van der Waals surface area contributed by atoms with Crippen molar-refractivity contribution in [2.24, 2.45) is 0 Å². The van der Waals surface area contributed by atoms with Gasteiger partial charge in [-0.3, -0.25) is 0 Å². The molecular weight excluding hydrogens is 268 g/mol. The second-order valence-corrected chi connectivity index (χ2v) is 6.45. The Morgan fingerprint density at radius 2 is 2.07 bits per heavy atom. The van der Waals surface area contributed by atoms with Gasteiger partial charge in [0.05, 0.1) is 0 Å². The Morgan fingerprint density at radius 3 is 2.57 bits per heavy atom. The minimum Gasteiger partial charge on any atom is -0.195 e. The van der Waals surface area contributed by atoms with Crippen LogP contribution in [-0.2, 0) is 10.2 Å². The summed E-state index contributed by atoms with van der Waals surface area (Å²) < 4.78 is 26.7. The molecule has 84 valence electrons. The molecule has 1 saturated heterocycles. The molecule has 0 radical (unpaired) electrons. The first-order valence-electron chi connectivity index (χ1n) is 4.75. The van der Waals surface area contributed by atoms with Crippen LogP contribution in [0.2, 0.25) is 0 Å². The molecule has 4 nitrogen and oxygen atoms in total. The van der Waals surface area contributed by atoms with Gasteiger partial charge in [0.1, 0.15) is 0 Å². The van der Waals surface area contributed by atoms with Crippen molar-refractivity contribution in [2.75, 3.05) is 26.0 Å². The smallest absolute Gasteiger partial charge is 0.195 e. The summed E-state index contributed by atoms with van der Waals surface area (Å²) in [6, 6.07) is 0.121. The summed E-state index contributed by atoms with van der Waals surface area (Å²) in [5.74, 6) is 0. The predicted octanol–water partition coefficient (Wildman–Crippen LogP) is 1.04. The number of hydrogen-bond donors (Lipinski definition) is 0. The largest absolute Gasteiger partial charge is 0.281 e. The van der Waals surface area contributed by atoms with E-state index in [1.54, 1.807) is 18.4 Å². The fourth-order valence-electron chi connectivity index (χ4n) is 1.64. The zero-order valence-electron chi connectivity index (χ0n) is 8.61. The van der Waals surface area contributed by atoms with Crippen molar-refractivity contribution in [1.82, 2.24) is 8.61 Å². The minimum absolute atomic E-state index is 0.121. The molecule has 6 heteroatoms. The zero-order chi connectivity index (χ0) is 10.8. The van der Waals surface area contributed by atoms with E-state index in [9.17, 15) is 8.42 Å². The van der Waals surface area contributed by atoms with E-state index in [0.717, 1.165) is 24.6 Å². The molecule has 1 fully saturated rings. The van der Waals surface area contributed by atoms with Crippen LogP contribution in [0.5, 0.6) is 0 Å². The highest BCUT2D eigenvalue weighted by molar-refractivity contribution is 9.09. The number of hydrogen-bond acceptors (Lipinski definition) is 2. The van der Waals surface area contributed by atoms with E-state index >= 15 is 0 Å². The Hall–Kier alpha value is 0.350. The molecule has 1 aliphatic heterocycles. The SMILES string of the molecule is CN(C)S(=O)(=O)N1CCCCC1CBr. The first-order chi connectivity index (χ1) is 6.50. The molecule has 0 N–H and O–H groups in total. The Balaban J connectivity index is 2.83. The van der Waals surface area contributed by atoms with Crippen molar-refractivity contribution in [3.63, 3.8) is 0 Å². The molecular formula is C8H17BrN2O2S. The molecule has 1 aliphatic rings. The highest BCUT2D eigenvalue weighted by Gasteiger charge is 2.32. The van der Waals surface area contributed by atoms with Gasteiger partial charge in [-0.15, -0.1) is 0 Å². The summed E-state index contributed by atoms with van der Waals surface area (Å²) in [5, 5.41) is 0.722. The standard InChI is InChI=1S/C8H17BrN2O2S/c1-10(2)14(12,13)11-6-4-3-5-8(11)7-9/h8H,3-7H2,1-2H3. The average Bonchev–Trinajstić information content (AvgIpc) is 2.17. The fourth-order valence-corrected chi connectivity index (χ4v) is 3.84. The highest BCUT2D eigenvalue weighted by atomic mass is 79.9. The fraction of sp³-hybridized carbons (Fsp3) is 1.00. The van der Waals surface area contributed by atoms with Gasteiger partial charge in [-0.1, -0.05) is 22.4 Å². The van der Waals surface area contributed by atoms with Crippen LogP contribution in [0.1, 0.15) is 19.3 Å². The molecule has 1 unspecified atom stereocenters. The van der Waals surface area contributed by atoms with Gasteiger partial charge in [0.25, 0.3) is 10.2 Å². The molecule has 0 aromatic carbocycles. The molecule has 0 amide bonds. The number of halogens is 1. The average molecular weight is 285 g/mol.